The van der Waals surface area contributed by atoms with Crippen LogP contribution in [0.2, 0.25) is 0 Å². The normalized spacial score (nSPS) is 14.5. The lowest BCUT2D eigenvalue weighted by atomic mass is 9.95. The zero-order chi connectivity index (χ0) is 19.6. The second-order valence-corrected chi connectivity index (χ2v) is 7.83. The summed E-state index contributed by atoms with van der Waals surface area (Å²) in [5.41, 5.74) is 7.23. The van der Waals surface area contributed by atoms with Crippen LogP contribution < -0.4 is 16.4 Å². The average molecular weight is 394 g/mol. The van der Waals surface area contributed by atoms with Crippen LogP contribution >= 0.6 is 11.3 Å². The van der Waals surface area contributed by atoms with E-state index in [0.717, 1.165) is 42.2 Å². The molecule has 8 heteroatoms. The molecule has 0 aliphatic heterocycles. The first-order valence-corrected chi connectivity index (χ1v) is 9.71. The molecule has 3 rings (SSSR count). The molecule has 0 unspecified atom stereocenters. The van der Waals surface area contributed by atoms with Crippen LogP contribution in [0.3, 0.4) is 0 Å². The van der Waals surface area contributed by atoms with Gasteiger partial charge in [0.2, 0.25) is 0 Å². The molecule has 0 fully saturated rings. The number of carbonyl (C=O) groups is 2. The Morgan fingerprint density at radius 3 is 2.74 bits per heavy atom. The number of halogens is 2. The molecule has 5 nitrogen and oxygen atoms in total. The van der Waals surface area contributed by atoms with Crippen molar-refractivity contribution in [1.29, 1.82) is 0 Å². The van der Waals surface area contributed by atoms with Crippen molar-refractivity contribution in [2.75, 3.05) is 11.9 Å². The highest BCUT2D eigenvalue weighted by Crippen LogP contribution is 2.37. The number of nitrogens with one attached hydrogen (secondary N) is 1. The summed E-state index contributed by atoms with van der Waals surface area (Å²) in [6, 6.07) is 3.04. The molecular formula is C19H22F2N3O2S+. The van der Waals surface area contributed by atoms with Gasteiger partial charge in [0.1, 0.15) is 22.7 Å². The standard InChI is InChI=1S/C19H21F2N3O2S/c1-10(12-7-6-11(20)8-14(12)21)23-9-16(25)24-19-17(18(22)26)13-4-2-3-5-15(13)27-19/h6-8,10,23H,2-5,9H2,1H3,(H2,22,26)(H,24,25)/p+1/t10-/m1/s1. The minimum Gasteiger partial charge on any atom is -0.365 e. The van der Waals surface area contributed by atoms with Crippen LogP contribution in [-0.4, -0.2) is 18.4 Å². The fourth-order valence-electron chi connectivity index (χ4n) is 3.37. The average Bonchev–Trinajstić information content (AvgIpc) is 2.97. The molecule has 1 aromatic carbocycles. The Labute approximate surface area is 160 Å². The lowest BCUT2D eigenvalue weighted by Gasteiger charge is -2.12. The topological polar surface area (TPSA) is 88.8 Å². The van der Waals surface area contributed by atoms with E-state index < -0.39 is 17.5 Å². The largest absolute Gasteiger partial charge is 0.365 e. The maximum Gasteiger partial charge on any atom is 0.280 e. The molecule has 2 aromatic rings. The van der Waals surface area contributed by atoms with Gasteiger partial charge in [-0.15, -0.1) is 11.3 Å². The number of benzene rings is 1. The number of carbonyl (C=O) groups excluding carboxylic acids is 2. The Hall–Kier alpha value is -2.32. The van der Waals surface area contributed by atoms with E-state index in [1.807, 2.05) is 0 Å². The van der Waals surface area contributed by atoms with Gasteiger partial charge in [-0.3, -0.25) is 9.59 Å². The van der Waals surface area contributed by atoms with Gasteiger partial charge in [0.05, 0.1) is 5.56 Å². The van der Waals surface area contributed by atoms with Crippen molar-refractivity contribution in [3.05, 3.63) is 51.4 Å². The van der Waals surface area contributed by atoms with E-state index in [2.05, 4.69) is 5.32 Å². The maximum absolute atomic E-state index is 13.8. The zero-order valence-electron chi connectivity index (χ0n) is 15.0. The lowest BCUT2D eigenvalue weighted by Crippen LogP contribution is -2.86. The Morgan fingerprint density at radius 1 is 1.30 bits per heavy atom. The fourth-order valence-corrected chi connectivity index (χ4v) is 4.68. The van der Waals surface area contributed by atoms with E-state index in [9.17, 15) is 18.4 Å². The molecule has 1 atom stereocenters. The Morgan fingerprint density at radius 2 is 2.04 bits per heavy atom. The number of rotatable bonds is 6. The number of primary amides is 1. The van der Waals surface area contributed by atoms with E-state index in [1.165, 1.54) is 23.5 Å². The molecule has 1 heterocycles. The van der Waals surface area contributed by atoms with Gasteiger partial charge in [0.25, 0.3) is 11.8 Å². The minimum absolute atomic E-state index is 0.0404. The maximum atomic E-state index is 13.8. The van der Waals surface area contributed by atoms with Gasteiger partial charge in [0.15, 0.2) is 6.54 Å². The van der Waals surface area contributed by atoms with Crippen molar-refractivity contribution in [3.63, 3.8) is 0 Å². The number of anilines is 1. The summed E-state index contributed by atoms with van der Waals surface area (Å²) < 4.78 is 26.9. The molecule has 27 heavy (non-hydrogen) atoms. The van der Waals surface area contributed by atoms with Crippen molar-refractivity contribution in [2.24, 2.45) is 5.73 Å². The van der Waals surface area contributed by atoms with Crippen molar-refractivity contribution in [3.8, 4) is 0 Å². The highest BCUT2D eigenvalue weighted by atomic mass is 32.1. The number of aryl methyl sites for hydroxylation is 1. The summed E-state index contributed by atoms with van der Waals surface area (Å²) in [6.45, 7) is 1.78. The van der Waals surface area contributed by atoms with E-state index >= 15 is 0 Å². The number of quaternary nitrogens is 1. The van der Waals surface area contributed by atoms with Gasteiger partial charge in [-0.2, -0.15) is 0 Å². The highest BCUT2D eigenvalue weighted by Gasteiger charge is 2.25. The van der Waals surface area contributed by atoms with Crippen LogP contribution in [0.4, 0.5) is 13.8 Å². The zero-order valence-corrected chi connectivity index (χ0v) is 15.8. The first-order valence-electron chi connectivity index (χ1n) is 8.89. The van der Waals surface area contributed by atoms with Crippen molar-refractivity contribution in [2.45, 2.75) is 38.6 Å². The highest BCUT2D eigenvalue weighted by molar-refractivity contribution is 7.17. The summed E-state index contributed by atoms with van der Waals surface area (Å²) in [4.78, 5) is 25.3. The third-order valence-corrected chi connectivity index (χ3v) is 5.99. The SMILES string of the molecule is C[C@@H]([NH2+]CC(=O)Nc1sc2c(c1C(N)=O)CCCC2)c1ccc(F)cc1F. The molecule has 1 aromatic heterocycles. The monoisotopic (exact) mass is 394 g/mol. The van der Waals surface area contributed by atoms with E-state index in [-0.39, 0.29) is 18.5 Å². The van der Waals surface area contributed by atoms with Gasteiger partial charge in [0, 0.05) is 16.5 Å². The quantitative estimate of drug-likeness (QED) is 0.702. The van der Waals surface area contributed by atoms with Gasteiger partial charge >= 0.3 is 0 Å². The van der Waals surface area contributed by atoms with Gasteiger partial charge in [-0.25, -0.2) is 8.78 Å². The molecule has 0 saturated carbocycles. The third kappa shape index (κ3) is 4.33. The molecule has 5 N–H and O–H groups in total. The molecule has 0 radical (unpaired) electrons. The van der Waals surface area contributed by atoms with Crippen LogP contribution in [0.25, 0.3) is 0 Å². The summed E-state index contributed by atoms with van der Waals surface area (Å²) in [5, 5.41) is 4.92. The van der Waals surface area contributed by atoms with Crippen LogP contribution in [0.5, 0.6) is 0 Å². The third-order valence-electron chi connectivity index (χ3n) is 4.78. The number of hydrogen-bond acceptors (Lipinski definition) is 3. The van der Waals surface area contributed by atoms with Crippen LogP contribution in [0, 0.1) is 11.6 Å². The molecule has 1 aliphatic rings. The second-order valence-electron chi connectivity index (χ2n) is 6.72. The molecular weight excluding hydrogens is 372 g/mol. The molecule has 0 spiro atoms. The van der Waals surface area contributed by atoms with Crippen molar-refractivity contribution in [1.82, 2.24) is 0 Å². The minimum atomic E-state index is -0.638. The Kier molecular flexibility index (Phi) is 5.86. The Bertz CT molecular complexity index is 882. The van der Waals surface area contributed by atoms with Crippen LogP contribution in [0.15, 0.2) is 18.2 Å². The number of thiophene rings is 1. The number of fused-ring (bicyclic) bond motifs is 1. The van der Waals surface area contributed by atoms with E-state index in [4.69, 9.17) is 5.73 Å². The second kappa shape index (κ2) is 8.14. The number of amides is 2. The van der Waals surface area contributed by atoms with Crippen LogP contribution in [0.1, 0.15) is 52.2 Å². The fraction of sp³-hybridized carbons (Fsp3) is 0.368. The van der Waals surface area contributed by atoms with Gasteiger partial charge < -0.3 is 16.4 Å². The summed E-state index contributed by atoms with van der Waals surface area (Å²) in [5.74, 6) is -2.11. The first kappa shape index (κ1) is 19.4. The predicted molar refractivity (Wildman–Crippen MR) is 99.7 cm³/mol. The summed E-state index contributed by atoms with van der Waals surface area (Å²) in [6.07, 6.45) is 3.76. The van der Waals surface area contributed by atoms with E-state index in [1.54, 1.807) is 12.2 Å². The summed E-state index contributed by atoms with van der Waals surface area (Å²) in [7, 11) is 0. The molecule has 0 bridgehead atoms. The number of hydrogen-bond donors (Lipinski definition) is 3. The molecule has 0 saturated heterocycles. The summed E-state index contributed by atoms with van der Waals surface area (Å²) >= 11 is 1.40. The first-order chi connectivity index (χ1) is 12.9. The number of nitrogens with two attached hydrogens (primary N) is 2. The van der Waals surface area contributed by atoms with Crippen LogP contribution in [-0.2, 0) is 17.6 Å². The molecule has 144 valence electrons. The molecule has 1 aliphatic carbocycles. The smallest absolute Gasteiger partial charge is 0.280 e. The Balaban J connectivity index is 1.66. The van der Waals surface area contributed by atoms with Crippen molar-refractivity contribution >= 4 is 28.2 Å². The van der Waals surface area contributed by atoms with Crippen molar-refractivity contribution < 1.29 is 23.7 Å². The van der Waals surface area contributed by atoms with Gasteiger partial charge in [-0.1, -0.05) is 0 Å². The molecule has 2 amide bonds. The predicted octanol–water partition coefficient (Wildman–Crippen LogP) is 2.27. The van der Waals surface area contributed by atoms with Gasteiger partial charge in [-0.05, 0) is 50.3 Å². The lowest BCUT2D eigenvalue weighted by molar-refractivity contribution is -0.682. The van der Waals surface area contributed by atoms with E-state index in [0.29, 0.717) is 16.1 Å².